The molecule has 0 radical (unpaired) electrons. The fourth-order valence-electron chi connectivity index (χ4n) is 2.28. The zero-order valence-electron chi connectivity index (χ0n) is 12.5. The Labute approximate surface area is 142 Å². The molecule has 24 heavy (non-hydrogen) atoms. The van der Waals surface area contributed by atoms with Gasteiger partial charge in [-0.05, 0) is 18.2 Å². The number of non-ortho nitro benzene ring substituents is 1. The van der Waals surface area contributed by atoms with Crippen molar-refractivity contribution in [1.29, 1.82) is 0 Å². The Morgan fingerprint density at radius 1 is 1.29 bits per heavy atom. The normalized spacial score (nSPS) is 16.5. The van der Waals surface area contributed by atoms with E-state index < -0.39 is 11.2 Å². The number of hydrogen-bond acceptors (Lipinski definition) is 5. The van der Waals surface area contributed by atoms with Crippen LogP contribution in [0.2, 0.25) is 5.02 Å². The van der Waals surface area contributed by atoms with Crippen LogP contribution in [0.5, 0.6) is 0 Å². The molecule has 8 heteroatoms. The first-order valence-electron chi connectivity index (χ1n) is 7.01. The number of ether oxygens (including phenoxy) is 1. The van der Waals surface area contributed by atoms with Crippen molar-refractivity contribution in [2.75, 3.05) is 0 Å². The molecule has 0 bridgehead atoms. The number of amides is 1. The van der Waals surface area contributed by atoms with Gasteiger partial charge in [0.2, 0.25) is 18.0 Å². The highest BCUT2D eigenvalue weighted by atomic mass is 35.5. The van der Waals surface area contributed by atoms with Gasteiger partial charge in [0.25, 0.3) is 5.69 Å². The monoisotopic (exact) mass is 345 g/mol. The van der Waals surface area contributed by atoms with E-state index in [4.69, 9.17) is 16.3 Å². The average molecular weight is 346 g/mol. The second-order valence-corrected chi connectivity index (χ2v) is 5.53. The number of carbonyl (C=O) groups excluding carboxylic acids is 1. The van der Waals surface area contributed by atoms with Crippen LogP contribution in [-0.2, 0) is 9.53 Å². The molecular formula is C16H12ClN3O4. The molecule has 0 aromatic heterocycles. The van der Waals surface area contributed by atoms with Crippen LogP contribution in [0, 0.1) is 10.1 Å². The Kier molecular flexibility index (Phi) is 4.18. The third kappa shape index (κ3) is 3.07. The summed E-state index contributed by atoms with van der Waals surface area (Å²) in [6.45, 7) is 1.37. The highest BCUT2D eigenvalue weighted by Crippen LogP contribution is 2.31. The molecule has 0 N–H and O–H groups in total. The molecule has 1 aliphatic rings. The van der Waals surface area contributed by atoms with Crippen molar-refractivity contribution in [3.63, 3.8) is 0 Å². The van der Waals surface area contributed by atoms with Crippen molar-refractivity contribution in [1.82, 2.24) is 5.01 Å². The molecule has 1 amide bonds. The summed E-state index contributed by atoms with van der Waals surface area (Å²) in [6, 6.07) is 12.7. The second-order valence-electron chi connectivity index (χ2n) is 5.10. The number of carbonyl (C=O) groups is 1. The molecule has 0 unspecified atom stereocenters. The Hall–Kier alpha value is -2.93. The van der Waals surface area contributed by atoms with E-state index in [-0.39, 0.29) is 17.5 Å². The molecule has 2 aromatic carbocycles. The van der Waals surface area contributed by atoms with Crippen molar-refractivity contribution in [3.05, 3.63) is 74.8 Å². The van der Waals surface area contributed by atoms with Crippen LogP contribution < -0.4 is 0 Å². The summed E-state index contributed by atoms with van der Waals surface area (Å²) in [5.74, 6) is -0.163. The Morgan fingerprint density at radius 3 is 2.62 bits per heavy atom. The number of hydrazone groups is 1. The summed E-state index contributed by atoms with van der Waals surface area (Å²) in [5.41, 5.74) is 1.04. The minimum absolute atomic E-state index is 0.0804. The van der Waals surface area contributed by atoms with E-state index in [1.165, 1.54) is 30.1 Å². The van der Waals surface area contributed by atoms with Crippen LogP contribution in [0.4, 0.5) is 5.69 Å². The first kappa shape index (κ1) is 15.9. The fourth-order valence-corrected chi connectivity index (χ4v) is 2.41. The fraction of sp³-hybridized carbons (Fsp3) is 0.125. The molecular weight excluding hydrogens is 334 g/mol. The van der Waals surface area contributed by atoms with Crippen LogP contribution in [0.1, 0.15) is 24.3 Å². The first-order valence-corrected chi connectivity index (χ1v) is 7.39. The van der Waals surface area contributed by atoms with Crippen molar-refractivity contribution in [3.8, 4) is 0 Å². The minimum Gasteiger partial charge on any atom is -0.446 e. The summed E-state index contributed by atoms with van der Waals surface area (Å²) in [4.78, 5) is 22.3. The van der Waals surface area contributed by atoms with E-state index in [9.17, 15) is 14.9 Å². The lowest BCUT2D eigenvalue weighted by Gasteiger charge is -2.19. The summed E-state index contributed by atoms with van der Waals surface area (Å²) < 4.78 is 5.77. The molecule has 0 saturated carbocycles. The average Bonchev–Trinajstić information content (AvgIpc) is 3.01. The van der Waals surface area contributed by atoms with E-state index >= 15 is 0 Å². The summed E-state index contributed by atoms with van der Waals surface area (Å²) in [5, 5.41) is 16.8. The maximum Gasteiger partial charge on any atom is 0.270 e. The van der Waals surface area contributed by atoms with Crippen LogP contribution in [0.15, 0.2) is 53.6 Å². The maximum atomic E-state index is 11.9. The highest BCUT2D eigenvalue weighted by molar-refractivity contribution is 6.30. The number of nitro benzene ring substituents is 1. The lowest BCUT2D eigenvalue weighted by Crippen LogP contribution is -2.25. The lowest BCUT2D eigenvalue weighted by atomic mass is 10.2. The number of benzene rings is 2. The standard InChI is InChI=1S/C16H12ClN3O4/c1-10(21)19-16(11-5-7-13(17)8-6-11)24-15(18-19)12-3-2-4-14(9-12)20(22)23/h2-9,16H,1H3/t16-/m0/s1. The van der Waals surface area contributed by atoms with Gasteiger partial charge in [-0.2, -0.15) is 5.01 Å². The Balaban J connectivity index is 1.95. The van der Waals surface area contributed by atoms with Crippen LogP contribution in [0.3, 0.4) is 0 Å². The quantitative estimate of drug-likeness (QED) is 0.629. The van der Waals surface area contributed by atoms with E-state index in [1.54, 1.807) is 30.3 Å². The Morgan fingerprint density at radius 2 is 2.00 bits per heavy atom. The number of halogens is 1. The molecule has 0 saturated heterocycles. The Bertz CT molecular complexity index is 835. The van der Waals surface area contributed by atoms with E-state index in [0.717, 1.165) is 0 Å². The third-order valence-corrected chi connectivity index (χ3v) is 3.68. The van der Waals surface area contributed by atoms with Crippen LogP contribution >= 0.6 is 11.6 Å². The molecule has 7 nitrogen and oxygen atoms in total. The predicted octanol–water partition coefficient (Wildman–Crippen LogP) is 3.49. The topological polar surface area (TPSA) is 85.0 Å². The van der Waals surface area contributed by atoms with Crippen molar-refractivity contribution in [2.45, 2.75) is 13.2 Å². The lowest BCUT2D eigenvalue weighted by molar-refractivity contribution is -0.384. The number of hydrogen-bond donors (Lipinski definition) is 0. The number of nitrogens with zero attached hydrogens (tertiary/aromatic N) is 3. The molecule has 3 rings (SSSR count). The molecule has 1 atom stereocenters. The third-order valence-electron chi connectivity index (χ3n) is 3.43. The SMILES string of the molecule is CC(=O)N1N=C(c2cccc([N+](=O)[O-])c2)O[C@H]1c1ccc(Cl)cc1. The van der Waals surface area contributed by atoms with Crippen LogP contribution in [-0.4, -0.2) is 21.7 Å². The second kappa shape index (κ2) is 6.29. The summed E-state index contributed by atoms with van der Waals surface area (Å²) >= 11 is 5.88. The van der Waals surface area contributed by atoms with Gasteiger partial charge < -0.3 is 4.74 Å². The van der Waals surface area contributed by atoms with Gasteiger partial charge in [-0.3, -0.25) is 14.9 Å². The largest absolute Gasteiger partial charge is 0.446 e. The van der Waals surface area contributed by atoms with Gasteiger partial charge in [-0.25, -0.2) is 0 Å². The zero-order chi connectivity index (χ0) is 17.3. The van der Waals surface area contributed by atoms with E-state index in [1.807, 2.05) is 0 Å². The van der Waals surface area contributed by atoms with E-state index in [2.05, 4.69) is 5.10 Å². The van der Waals surface area contributed by atoms with Gasteiger partial charge in [-0.15, -0.1) is 5.10 Å². The van der Waals surface area contributed by atoms with Crippen molar-refractivity contribution >= 4 is 29.1 Å². The molecule has 0 spiro atoms. The zero-order valence-corrected chi connectivity index (χ0v) is 13.3. The molecule has 0 aliphatic carbocycles. The maximum absolute atomic E-state index is 11.9. The molecule has 2 aromatic rings. The number of nitro groups is 1. The van der Waals surface area contributed by atoms with Crippen molar-refractivity contribution < 1.29 is 14.5 Å². The predicted molar refractivity (Wildman–Crippen MR) is 87.4 cm³/mol. The molecule has 1 heterocycles. The summed E-state index contributed by atoms with van der Waals surface area (Å²) in [7, 11) is 0. The molecule has 122 valence electrons. The molecule has 0 fully saturated rings. The summed E-state index contributed by atoms with van der Waals surface area (Å²) in [6.07, 6.45) is -0.742. The van der Waals surface area contributed by atoms with E-state index in [0.29, 0.717) is 16.1 Å². The van der Waals surface area contributed by atoms with Crippen molar-refractivity contribution in [2.24, 2.45) is 5.10 Å². The first-order chi connectivity index (χ1) is 11.5. The van der Waals surface area contributed by atoms with Crippen LogP contribution in [0.25, 0.3) is 0 Å². The van der Waals surface area contributed by atoms with Gasteiger partial charge in [0, 0.05) is 35.2 Å². The number of rotatable bonds is 3. The van der Waals surface area contributed by atoms with Gasteiger partial charge in [0.1, 0.15) is 0 Å². The van der Waals surface area contributed by atoms with Gasteiger partial charge in [0.05, 0.1) is 4.92 Å². The highest BCUT2D eigenvalue weighted by Gasteiger charge is 2.33. The molecule has 1 aliphatic heterocycles. The van der Waals surface area contributed by atoms with Gasteiger partial charge in [0.15, 0.2) is 0 Å². The smallest absolute Gasteiger partial charge is 0.270 e. The van der Waals surface area contributed by atoms with Gasteiger partial charge in [-0.1, -0.05) is 29.8 Å². The van der Waals surface area contributed by atoms with Gasteiger partial charge >= 0.3 is 0 Å². The minimum atomic E-state index is -0.742.